The first-order chi connectivity index (χ1) is 8.49. The van der Waals surface area contributed by atoms with Gasteiger partial charge >= 0.3 is 5.97 Å². The van der Waals surface area contributed by atoms with Crippen molar-refractivity contribution in [2.75, 3.05) is 0 Å². The molecule has 0 aromatic carbocycles. The van der Waals surface area contributed by atoms with E-state index < -0.39 is 12.0 Å². The van der Waals surface area contributed by atoms with Crippen molar-refractivity contribution in [3.63, 3.8) is 0 Å². The molecule has 1 atom stereocenters. The van der Waals surface area contributed by atoms with E-state index in [1.165, 1.54) is 4.90 Å². The summed E-state index contributed by atoms with van der Waals surface area (Å²) in [5.41, 5.74) is 0. The van der Waals surface area contributed by atoms with Crippen molar-refractivity contribution >= 4 is 11.9 Å². The van der Waals surface area contributed by atoms with E-state index in [0.717, 1.165) is 0 Å². The van der Waals surface area contributed by atoms with E-state index in [2.05, 4.69) is 10.1 Å². The molecule has 2 rings (SSSR count). The van der Waals surface area contributed by atoms with Crippen LogP contribution in [-0.2, 0) is 16.1 Å². The van der Waals surface area contributed by atoms with Gasteiger partial charge in [0.25, 0.3) is 0 Å². The summed E-state index contributed by atoms with van der Waals surface area (Å²) in [5.74, 6) is -0.230. The number of carbonyl (C=O) groups excluding carboxylic acids is 1. The second-order valence-electron chi connectivity index (χ2n) is 4.62. The Kier molecular flexibility index (Phi) is 3.31. The van der Waals surface area contributed by atoms with Crippen molar-refractivity contribution in [1.29, 1.82) is 0 Å². The Bertz CT molecular complexity index is 469. The number of amides is 1. The molecule has 98 valence electrons. The standard InChI is InChI=1S/C11H15N3O4/c1-6(2)10-12-8(13-18-10)5-14-7(11(16)17)3-4-9(14)15/h6-7H,3-5H2,1-2H3,(H,16,17). The second kappa shape index (κ2) is 4.75. The van der Waals surface area contributed by atoms with Gasteiger partial charge in [-0.15, -0.1) is 0 Å². The summed E-state index contributed by atoms with van der Waals surface area (Å²) in [7, 11) is 0. The van der Waals surface area contributed by atoms with Gasteiger partial charge in [-0.1, -0.05) is 19.0 Å². The molecule has 7 nitrogen and oxygen atoms in total. The number of rotatable bonds is 4. The van der Waals surface area contributed by atoms with Gasteiger partial charge in [0, 0.05) is 12.3 Å². The van der Waals surface area contributed by atoms with Crippen molar-refractivity contribution in [1.82, 2.24) is 15.0 Å². The van der Waals surface area contributed by atoms with Gasteiger partial charge in [0.2, 0.25) is 11.8 Å². The minimum absolute atomic E-state index is 0.0893. The molecular formula is C11H15N3O4. The molecule has 0 spiro atoms. The summed E-state index contributed by atoms with van der Waals surface area (Å²) >= 11 is 0. The number of aliphatic carboxylic acids is 1. The van der Waals surface area contributed by atoms with E-state index in [0.29, 0.717) is 18.1 Å². The molecule has 2 heterocycles. The maximum Gasteiger partial charge on any atom is 0.326 e. The molecule has 1 amide bonds. The first kappa shape index (κ1) is 12.5. The first-order valence-electron chi connectivity index (χ1n) is 5.83. The molecule has 0 bridgehead atoms. The predicted molar refractivity (Wildman–Crippen MR) is 59.6 cm³/mol. The number of nitrogens with zero attached hydrogens (tertiary/aromatic N) is 3. The fourth-order valence-corrected chi connectivity index (χ4v) is 1.91. The van der Waals surface area contributed by atoms with E-state index in [1.54, 1.807) is 0 Å². The minimum Gasteiger partial charge on any atom is -0.480 e. The highest BCUT2D eigenvalue weighted by atomic mass is 16.5. The lowest BCUT2D eigenvalue weighted by molar-refractivity contribution is -0.146. The zero-order valence-corrected chi connectivity index (χ0v) is 10.3. The minimum atomic E-state index is -0.992. The summed E-state index contributed by atoms with van der Waals surface area (Å²) in [6.45, 7) is 3.92. The summed E-state index contributed by atoms with van der Waals surface area (Å²) in [6, 6.07) is -0.779. The summed E-state index contributed by atoms with van der Waals surface area (Å²) in [5, 5.41) is 12.8. The lowest BCUT2D eigenvalue weighted by Crippen LogP contribution is -2.38. The molecule has 7 heteroatoms. The number of hydrogen-bond acceptors (Lipinski definition) is 5. The van der Waals surface area contributed by atoms with Crippen molar-refractivity contribution in [3.8, 4) is 0 Å². The number of likely N-dealkylation sites (tertiary alicyclic amines) is 1. The summed E-state index contributed by atoms with van der Waals surface area (Å²) in [4.78, 5) is 28.0. The molecule has 1 aliphatic heterocycles. The molecule has 0 radical (unpaired) electrons. The Labute approximate surface area is 104 Å². The Balaban J connectivity index is 2.11. The summed E-state index contributed by atoms with van der Waals surface area (Å²) in [6.07, 6.45) is 0.592. The van der Waals surface area contributed by atoms with Crippen LogP contribution >= 0.6 is 0 Å². The zero-order chi connectivity index (χ0) is 13.3. The average Bonchev–Trinajstić information content (AvgIpc) is 2.88. The van der Waals surface area contributed by atoms with E-state index in [9.17, 15) is 9.59 Å². The summed E-state index contributed by atoms with van der Waals surface area (Å²) < 4.78 is 5.02. The topological polar surface area (TPSA) is 96.5 Å². The predicted octanol–water partition coefficient (Wildman–Crippen LogP) is 0.769. The van der Waals surface area contributed by atoms with Crippen LogP contribution in [0.4, 0.5) is 0 Å². The molecule has 1 N–H and O–H groups in total. The van der Waals surface area contributed by atoms with Crippen LogP contribution in [0.2, 0.25) is 0 Å². The molecule has 0 saturated carbocycles. The van der Waals surface area contributed by atoms with Crippen molar-refractivity contribution in [3.05, 3.63) is 11.7 Å². The first-order valence-corrected chi connectivity index (χ1v) is 5.83. The molecular weight excluding hydrogens is 238 g/mol. The second-order valence-corrected chi connectivity index (χ2v) is 4.62. The zero-order valence-electron chi connectivity index (χ0n) is 10.3. The molecule has 1 aromatic heterocycles. The fourth-order valence-electron chi connectivity index (χ4n) is 1.91. The van der Waals surface area contributed by atoms with Crippen LogP contribution in [0.1, 0.15) is 44.3 Å². The third kappa shape index (κ3) is 2.34. The highest BCUT2D eigenvalue weighted by Crippen LogP contribution is 2.21. The maximum absolute atomic E-state index is 11.6. The van der Waals surface area contributed by atoms with Gasteiger partial charge in [-0.2, -0.15) is 4.98 Å². The molecule has 1 aliphatic rings. The SMILES string of the molecule is CC(C)c1nc(CN2C(=O)CCC2C(=O)O)no1. The number of carbonyl (C=O) groups is 2. The Hall–Kier alpha value is -1.92. The highest BCUT2D eigenvalue weighted by Gasteiger charge is 2.36. The lowest BCUT2D eigenvalue weighted by atomic mass is 10.2. The molecule has 1 saturated heterocycles. The van der Waals surface area contributed by atoms with E-state index in [4.69, 9.17) is 9.63 Å². The number of carboxylic acid groups (broad SMARTS) is 1. The van der Waals surface area contributed by atoms with Crippen molar-refractivity contribution in [2.24, 2.45) is 0 Å². The van der Waals surface area contributed by atoms with Gasteiger partial charge in [-0.25, -0.2) is 4.79 Å². The Morgan fingerprint density at radius 3 is 2.89 bits per heavy atom. The molecule has 1 unspecified atom stereocenters. The monoisotopic (exact) mass is 253 g/mol. The Morgan fingerprint density at radius 2 is 2.33 bits per heavy atom. The average molecular weight is 253 g/mol. The van der Waals surface area contributed by atoms with Gasteiger partial charge in [0.05, 0.1) is 6.54 Å². The van der Waals surface area contributed by atoms with Gasteiger partial charge < -0.3 is 14.5 Å². The van der Waals surface area contributed by atoms with Crippen LogP contribution in [-0.4, -0.2) is 38.1 Å². The van der Waals surface area contributed by atoms with Gasteiger partial charge in [-0.05, 0) is 6.42 Å². The van der Waals surface area contributed by atoms with E-state index in [-0.39, 0.29) is 24.8 Å². The van der Waals surface area contributed by atoms with Crippen LogP contribution < -0.4 is 0 Å². The van der Waals surface area contributed by atoms with Crippen LogP contribution in [0.15, 0.2) is 4.52 Å². The number of hydrogen-bond donors (Lipinski definition) is 1. The third-order valence-electron chi connectivity index (χ3n) is 2.90. The largest absolute Gasteiger partial charge is 0.480 e. The van der Waals surface area contributed by atoms with Crippen LogP contribution in [0.5, 0.6) is 0 Å². The number of carboxylic acids is 1. The fraction of sp³-hybridized carbons (Fsp3) is 0.636. The van der Waals surface area contributed by atoms with Crippen LogP contribution in [0.3, 0.4) is 0 Å². The lowest BCUT2D eigenvalue weighted by Gasteiger charge is -2.19. The smallest absolute Gasteiger partial charge is 0.326 e. The molecule has 1 aromatic rings. The Morgan fingerprint density at radius 1 is 1.61 bits per heavy atom. The van der Waals surface area contributed by atoms with E-state index >= 15 is 0 Å². The molecule has 0 aliphatic carbocycles. The quantitative estimate of drug-likeness (QED) is 0.851. The van der Waals surface area contributed by atoms with Crippen molar-refractivity contribution < 1.29 is 19.2 Å². The third-order valence-corrected chi connectivity index (χ3v) is 2.90. The number of aromatic nitrogens is 2. The van der Waals surface area contributed by atoms with Gasteiger partial charge in [0.15, 0.2) is 5.82 Å². The molecule has 18 heavy (non-hydrogen) atoms. The van der Waals surface area contributed by atoms with Gasteiger partial charge in [0.1, 0.15) is 6.04 Å². The van der Waals surface area contributed by atoms with Gasteiger partial charge in [-0.3, -0.25) is 4.79 Å². The highest BCUT2D eigenvalue weighted by molar-refractivity contribution is 5.87. The normalized spacial score (nSPS) is 19.8. The van der Waals surface area contributed by atoms with Crippen molar-refractivity contribution in [2.45, 2.75) is 45.2 Å². The van der Waals surface area contributed by atoms with Crippen LogP contribution in [0.25, 0.3) is 0 Å². The van der Waals surface area contributed by atoms with E-state index in [1.807, 2.05) is 13.8 Å². The molecule has 1 fully saturated rings. The van der Waals surface area contributed by atoms with Crippen LogP contribution in [0, 0.1) is 0 Å². The maximum atomic E-state index is 11.6.